The molecule has 1 saturated carbocycles. The number of carbonyl (C=O) groups is 2. The minimum absolute atomic E-state index is 0.0343. The summed E-state index contributed by atoms with van der Waals surface area (Å²) in [6.45, 7) is 2.50. The second kappa shape index (κ2) is 11.5. The molecule has 0 unspecified atom stereocenters. The van der Waals surface area contributed by atoms with Crippen molar-refractivity contribution in [2.24, 2.45) is 0 Å². The number of carbonyl (C=O) groups excluding carboxylic acids is 2. The van der Waals surface area contributed by atoms with Crippen LogP contribution in [0.3, 0.4) is 0 Å². The second-order valence-electron chi connectivity index (χ2n) is 10.1. The SMILES string of the molecule is Cc1ccc(CN2C(=O)/C(=C\c3ccc(C(=O)NC4CCCCCCC4)cc3)Oc3ccccc32)cc1. The van der Waals surface area contributed by atoms with Crippen molar-refractivity contribution < 1.29 is 14.3 Å². The monoisotopic (exact) mass is 494 g/mol. The minimum atomic E-state index is -0.189. The van der Waals surface area contributed by atoms with Gasteiger partial charge in [-0.3, -0.25) is 14.5 Å². The number of anilines is 1. The highest BCUT2D eigenvalue weighted by Crippen LogP contribution is 2.36. The van der Waals surface area contributed by atoms with Gasteiger partial charge in [-0.25, -0.2) is 0 Å². The minimum Gasteiger partial charge on any atom is -0.449 e. The lowest BCUT2D eigenvalue weighted by atomic mass is 9.96. The molecule has 0 saturated heterocycles. The molecule has 5 nitrogen and oxygen atoms in total. The van der Waals surface area contributed by atoms with Crippen LogP contribution in [0, 0.1) is 6.92 Å². The molecule has 5 rings (SSSR count). The van der Waals surface area contributed by atoms with Crippen molar-refractivity contribution in [3.63, 3.8) is 0 Å². The number of amides is 2. The Morgan fingerprint density at radius 3 is 2.32 bits per heavy atom. The van der Waals surface area contributed by atoms with Crippen molar-refractivity contribution in [1.29, 1.82) is 0 Å². The normalized spacial score (nSPS) is 17.5. The molecule has 0 bridgehead atoms. The van der Waals surface area contributed by atoms with Crippen LogP contribution < -0.4 is 15.0 Å². The van der Waals surface area contributed by atoms with E-state index in [2.05, 4.69) is 17.4 Å². The fourth-order valence-electron chi connectivity index (χ4n) is 5.05. The molecule has 1 heterocycles. The molecule has 2 amide bonds. The van der Waals surface area contributed by atoms with Crippen LogP contribution in [-0.2, 0) is 11.3 Å². The Morgan fingerprint density at radius 1 is 0.919 bits per heavy atom. The van der Waals surface area contributed by atoms with Crippen molar-refractivity contribution in [2.75, 3.05) is 4.90 Å². The van der Waals surface area contributed by atoms with Gasteiger partial charge in [0.2, 0.25) is 0 Å². The molecule has 0 atom stereocenters. The molecule has 1 aliphatic carbocycles. The van der Waals surface area contributed by atoms with Crippen LogP contribution in [0.25, 0.3) is 6.08 Å². The van der Waals surface area contributed by atoms with Gasteiger partial charge in [-0.05, 0) is 61.2 Å². The van der Waals surface area contributed by atoms with Gasteiger partial charge >= 0.3 is 0 Å². The lowest BCUT2D eigenvalue weighted by molar-refractivity contribution is -0.117. The fourth-order valence-corrected chi connectivity index (χ4v) is 5.05. The summed E-state index contributed by atoms with van der Waals surface area (Å²) in [7, 11) is 0. The van der Waals surface area contributed by atoms with E-state index in [1.807, 2.05) is 67.6 Å². The van der Waals surface area contributed by atoms with Crippen LogP contribution in [0.1, 0.15) is 72.0 Å². The number of ether oxygens (including phenoxy) is 1. The summed E-state index contributed by atoms with van der Waals surface area (Å²) < 4.78 is 6.03. The van der Waals surface area contributed by atoms with E-state index in [0.717, 1.165) is 29.7 Å². The van der Waals surface area contributed by atoms with Gasteiger partial charge in [0.05, 0.1) is 12.2 Å². The number of benzene rings is 3. The van der Waals surface area contributed by atoms with Crippen LogP contribution in [-0.4, -0.2) is 17.9 Å². The lowest BCUT2D eigenvalue weighted by Gasteiger charge is -2.30. The Balaban J connectivity index is 1.32. The Morgan fingerprint density at radius 2 is 1.59 bits per heavy atom. The molecule has 2 aliphatic rings. The van der Waals surface area contributed by atoms with Gasteiger partial charge in [0.1, 0.15) is 0 Å². The maximum absolute atomic E-state index is 13.5. The molecule has 3 aromatic rings. The van der Waals surface area contributed by atoms with Crippen LogP contribution in [0.15, 0.2) is 78.6 Å². The Hall–Kier alpha value is -3.86. The zero-order valence-electron chi connectivity index (χ0n) is 21.4. The Kier molecular flexibility index (Phi) is 7.69. The molecular formula is C32H34N2O3. The summed E-state index contributed by atoms with van der Waals surface area (Å²) in [5.74, 6) is 0.687. The van der Waals surface area contributed by atoms with E-state index in [4.69, 9.17) is 4.74 Å². The summed E-state index contributed by atoms with van der Waals surface area (Å²) in [6, 6.07) is 23.4. The van der Waals surface area contributed by atoms with Gasteiger partial charge in [-0.1, -0.05) is 86.2 Å². The second-order valence-corrected chi connectivity index (χ2v) is 10.1. The highest BCUT2D eigenvalue weighted by atomic mass is 16.5. The zero-order chi connectivity index (χ0) is 25.6. The summed E-state index contributed by atoms with van der Waals surface area (Å²) in [4.78, 5) is 28.1. The van der Waals surface area contributed by atoms with E-state index >= 15 is 0 Å². The average molecular weight is 495 g/mol. The number of rotatable bonds is 5. The van der Waals surface area contributed by atoms with E-state index in [9.17, 15) is 9.59 Å². The van der Waals surface area contributed by atoms with Crippen molar-refractivity contribution in [3.8, 4) is 5.75 Å². The number of aryl methyl sites for hydroxylation is 1. The molecular weight excluding hydrogens is 460 g/mol. The van der Waals surface area contributed by atoms with Gasteiger partial charge in [-0.2, -0.15) is 0 Å². The molecule has 1 aliphatic heterocycles. The molecule has 3 aromatic carbocycles. The first-order valence-corrected chi connectivity index (χ1v) is 13.3. The van der Waals surface area contributed by atoms with E-state index in [-0.39, 0.29) is 23.6 Å². The number of fused-ring (bicyclic) bond motifs is 1. The Labute approximate surface area is 219 Å². The summed E-state index contributed by atoms with van der Waals surface area (Å²) in [5.41, 5.74) is 4.42. The summed E-state index contributed by atoms with van der Waals surface area (Å²) in [6.07, 6.45) is 10.0. The first-order chi connectivity index (χ1) is 18.1. The van der Waals surface area contributed by atoms with E-state index < -0.39 is 0 Å². The molecule has 0 spiro atoms. The van der Waals surface area contributed by atoms with Gasteiger partial charge in [-0.15, -0.1) is 0 Å². The van der Waals surface area contributed by atoms with Crippen molar-refractivity contribution in [1.82, 2.24) is 5.32 Å². The molecule has 1 N–H and O–H groups in total. The van der Waals surface area contributed by atoms with Crippen molar-refractivity contribution in [3.05, 3.63) is 101 Å². The maximum Gasteiger partial charge on any atom is 0.294 e. The van der Waals surface area contributed by atoms with Crippen LogP contribution in [0.4, 0.5) is 5.69 Å². The quantitative estimate of drug-likeness (QED) is 0.397. The molecule has 5 heteroatoms. The third-order valence-corrected chi connectivity index (χ3v) is 7.20. The standard InChI is InChI=1S/C32H34N2O3/c1-23-13-15-25(16-14-23)22-34-28-11-7-8-12-29(28)37-30(32(34)36)21-24-17-19-26(20-18-24)31(35)33-27-9-5-3-2-4-6-10-27/h7-8,11-21,27H,2-6,9-10,22H2,1H3,(H,33,35)/b30-21+. The number of nitrogens with zero attached hydrogens (tertiary/aromatic N) is 1. The van der Waals surface area contributed by atoms with Crippen LogP contribution >= 0.6 is 0 Å². The average Bonchev–Trinajstić information content (AvgIpc) is 2.89. The fraction of sp³-hybridized carbons (Fsp3) is 0.312. The highest BCUT2D eigenvalue weighted by Gasteiger charge is 2.30. The number of para-hydroxylation sites is 2. The molecule has 0 aromatic heterocycles. The van der Waals surface area contributed by atoms with E-state index in [1.165, 1.54) is 37.7 Å². The topological polar surface area (TPSA) is 58.6 Å². The summed E-state index contributed by atoms with van der Waals surface area (Å²) >= 11 is 0. The van der Waals surface area contributed by atoms with E-state index in [1.54, 1.807) is 11.0 Å². The molecule has 37 heavy (non-hydrogen) atoms. The van der Waals surface area contributed by atoms with Crippen LogP contribution in [0.5, 0.6) is 5.75 Å². The number of hydrogen-bond acceptors (Lipinski definition) is 3. The van der Waals surface area contributed by atoms with Gasteiger partial charge < -0.3 is 10.1 Å². The third kappa shape index (κ3) is 6.11. The largest absolute Gasteiger partial charge is 0.449 e. The van der Waals surface area contributed by atoms with Crippen molar-refractivity contribution in [2.45, 2.75) is 64.5 Å². The number of hydrogen-bond donors (Lipinski definition) is 1. The first-order valence-electron chi connectivity index (χ1n) is 13.3. The predicted octanol–water partition coefficient (Wildman–Crippen LogP) is 6.80. The molecule has 0 radical (unpaired) electrons. The van der Waals surface area contributed by atoms with Crippen molar-refractivity contribution >= 4 is 23.6 Å². The van der Waals surface area contributed by atoms with Crippen LogP contribution in [0.2, 0.25) is 0 Å². The van der Waals surface area contributed by atoms with E-state index in [0.29, 0.717) is 17.9 Å². The van der Waals surface area contributed by atoms with Gasteiger partial charge in [0.25, 0.3) is 11.8 Å². The zero-order valence-corrected chi connectivity index (χ0v) is 21.4. The highest BCUT2D eigenvalue weighted by molar-refractivity contribution is 6.09. The van der Waals surface area contributed by atoms with Gasteiger partial charge in [0.15, 0.2) is 11.5 Å². The summed E-state index contributed by atoms with van der Waals surface area (Å²) in [5, 5.41) is 3.21. The number of nitrogens with one attached hydrogen (secondary N) is 1. The first kappa shape index (κ1) is 24.8. The molecule has 190 valence electrons. The maximum atomic E-state index is 13.5. The Bertz CT molecular complexity index is 1270. The lowest BCUT2D eigenvalue weighted by Crippen LogP contribution is -2.36. The predicted molar refractivity (Wildman–Crippen MR) is 147 cm³/mol. The molecule has 1 fully saturated rings. The third-order valence-electron chi connectivity index (χ3n) is 7.20. The smallest absolute Gasteiger partial charge is 0.294 e. The van der Waals surface area contributed by atoms with Gasteiger partial charge in [0, 0.05) is 11.6 Å².